The fourth-order valence-corrected chi connectivity index (χ4v) is 2.59. The molecule has 2 rings (SSSR count). The molecule has 1 aliphatic rings. The molecule has 2 amide bonds. The highest BCUT2D eigenvalue weighted by Gasteiger charge is 2.18. The van der Waals surface area contributed by atoms with E-state index in [2.05, 4.69) is 17.1 Å². The minimum atomic E-state index is -0.576. The zero-order chi connectivity index (χ0) is 15.9. The van der Waals surface area contributed by atoms with Crippen LogP contribution in [-0.2, 0) is 9.59 Å². The molecule has 0 atom stereocenters. The molecule has 1 heterocycles. The van der Waals surface area contributed by atoms with Gasteiger partial charge in [-0.3, -0.25) is 9.59 Å². The van der Waals surface area contributed by atoms with Gasteiger partial charge in [0.05, 0.1) is 0 Å². The van der Waals surface area contributed by atoms with Crippen molar-refractivity contribution in [2.24, 2.45) is 0 Å². The summed E-state index contributed by atoms with van der Waals surface area (Å²) < 4.78 is 0. The first kappa shape index (κ1) is 16.3. The first-order valence-corrected chi connectivity index (χ1v) is 8.03. The number of nitrogens with zero attached hydrogens (tertiary/aromatic N) is 2. The molecule has 0 saturated carbocycles. The maximum Gasteiger partial charge on any atom is 0.313 e. The van der Waals surface area contributed by atoms with Crippen molar-refractivity contribution in [1.82, 2.24) is 4.90 Å². The Bertz CT molecular complexity index is 507. The monoisotopic (exact) mass is 303 g/mol. The average molecular weight is 303 g/mol. The molecular weight excluding hydrogens is 278 g/mol. The van der Waals surface area contributed by atoms with Gasteiger partial charge in [0.2, 0.25) is 0 Å². The summed E-state index contributed by atoms with van der Waals surface area (Å²) >= 11 is 0. The van der Waals surface area contributed by atoms with Crippen LogP contribution in [0.1, 0.15) is 32.6 Å². The molecule has 1 saturated heterocycles. The van der Waals surface area contributed by atoms with Gasteiger partial charge in [0.15, 0.2) is 0 Å². The van der Waals surface area contributed by atoms with Crippen molar-refractivity contribution in [1.29, 1.82) is 0 Å². The van der Waals surface area contributed by atoms with Crippen LogP contribution < -0.4 is 10.2 Å². The molecule has 1 fully saturated rings. The number of amides is 2. The van der Waals surface area contributed by atoms with E-state index < -0.39 is 11.8 Å². The molecule has 120 valence electrons. The number of carbonyl (C=O) groups excluding carboxylic acids is 2. The molecule has 0 radical (unpaired) electrons. The number of rotatable bonds is 5. The first-order chi connectivity index (χ1) is 10.6. The summed E-state index contributed by atoms with van der Waals surface area (Å²) in [4.78, 5) is 27.7. The minimum Gasteiger partial charge on any atom is -0.372 e. The molecule has 0 spiro atoms. The van der Waals surface area contributed by atoms with E-state index in [1.165, 1.54) is 23.4 Å². The van der Waals surface area contributed by atoms with Crippen LogP contribution in [0.25, 0.3) is 0 Å². The molecule has 22 heavy (non-hydrogen) atoms. The lowest BCUT2D eigenvalue weighted by Gasteiger charge is -2.18. The second kappa shape index (κ2) is 7.82. The standard InChI is InChI=1S/C17H25N3O2/c1-3-4-11-19(2)17(22)16(21)18-14-7-9-15(10-8-14)20-12-5-6-13-20/h7-10H,3-6,11-13H2,1-2H3,(H,18,21). The molecule has 0 bridgehead atoms. The molecule has 1 aliphatic heterocycles. The van der Waals surface area contributed by atoms with Crippen molar-refractivity contribution in [3.05, 3.63) is 24.3 Å². The second-order valence-electron chi connectivity index (χ2n) is 5.78. The number of hydrogen-bond acceptors (Lipinski definition) is 3. The third-order valence-electron chi connectivity index (χ3n) is 3.98. The van der Waals surface area contributed by atoms with E-state index in [4.69, 9.17) is 0 Å². The van der Waals surface area contributed by atoms with Crippen molar-refractivity contribution in [2.45, 2.75) is 32.6 Å². The summed E-state index contributed by atoms with van der Waals surface area (Å²) in [5, 5.41) is 2.67. The van der Waals surface area contributed by atoms with Crippen molar-refractivity contribution in [2.75, 3.05) is 36.9 Å². The first-order valence-electron chi connectivity index (χ1n) is 8.03. The number of hydrogen-bond donors (Lipinski definition) is 1. The van der Waals surface area contributed by atoms with Crippen LogP contribution in [0, 0.1) is 0 Å². The smallest absolute Gasteiger partial charge is 0.313 e. The molecule has 1 aromatic carbocycles. The van der Waals surface area contributed by atoms with E-state index in [9.17, 15) is 9.59 Å². The number of carbonyl (C=O) groups is 2. The summed E-state index contributed by atoms with van der Waals surface area (Å²) in [6.45, 7) is 4.84. The van der Waals surface area contributed by atoms with Gasteiger partial charge >= 0.3 is 11.8 Å². The Hall–Kier alpha value is -2.04. The van der Waals surface area contributed by atoms with Gasteiger partial charge in [0, 0.05) is 38.1 Å². The van der Waals surface area contributed by atoms with Crippen LogP contribution >= 0.6 is 0 Å². The molecule has 1 aromatic rings. The van der Waals surface area contributed by atoms with E-state index in [1.54, 1.807) is 7.05 Å². The van der Waals surface area contributed by atoms with Gasteiger partial charge in [-0.25, -0.2) is 0 Å². The quantitative estimate of drug-likeness (QED) is 0.850. The Balaban J connectivity index is 1.89. The number of benzene rings is 1. The van der Waals surface area contributed by atoms with Crippen LogP contribution in [-0.4, -0.2) is 43.4 Å². The maximum absolute atomic E-state index is 11.9. The summed E-state index contributed by atoms with van der Waals surface area (Å²) in [5.74, 6) is -1.07. The maximum atomic E-state index is 11.9. The third kappa shape index (κ3) is 4.23. The SMILES string of the molecule is CCCCN(C)C(=O)C(=O)Nc1ccc(N2CCCC2)cc1. The lowest BCUT2D eigenvalue weighted by Crippen LogP contribution is -2.37. The van der Waals surface area contributed by atoms with Gasteiger partial charge in [-0.1, -0.05) is 13.3 Å². The molecular formula is C17H25N3O2. The zero-order valence-electron chi connectivity index (χ0n) is 13.5. The Morgan fingerprint density at radius 1 is 1.18 bits per heavy atom. The van der Waals surface area contributed by atoms with Crippen LogP contribution in [0.4, 0.5) is 11.4 Å². The summed E-state index contributed by atoms with van der Waals surface area (Å²) in [6.07, 6.45) is 4.37. The normalized spacial score (nSPS) is 14.0. The largest absolute Gasteiger partial charge is 0.372 e. The van der Waals surface area contributed by atoms with Crippen LogP contribution in [0.3, 0.4) is 0 Å². The van der Waals surface area contributed by atoms with Crippen molar-refractivity contribution < 1.29 is 9.59 Å². The van der Waals surface area contributed by atoms with Crippen LogP contribution in [0.2, 0.25) is 0 Å². The van der Waals surface area contributed by atoms with Crippen LogP contribution in [0.15, 0.2) is 24.3 Å². The van der Waals surface area contributed by atoms with Crippen LogP contribution in [0.5, 0.6) is 0 Å². The van der Waals surface area contributed by atoms with Gasteiger partial charge in [-0.05, 0) is 43.5 Å². The van der Waals surface area contributed by atoms with E-state index in [1.807, 2.05) is 24.3 Å². The number of likely N-dealkylation sites (N-methyl/N-ethyl adjacent to an activating group) is 1. The predicted molar refractivity (Wildman–Crippen MR) is 89.1 cm³/mol. The zero-order valence-corrected chi connectivity index (χ0v) is 13.5. The third-order valence-corrected chi connectivity index (χ3v) is 3.98. The topological polar surface area (TPSA) is 52.7 Å². The summed E-state index contributed by atoms with van der Waals surface area (Å²) in [6, 6.07) is 7.69. The second-order valence-corrected chi connectivity index (χ2v) is 5.78. The van der Waals surface area contributed by atoms with E-state index in [0.29, 0.717) is 12.2 Å². The van der Waals surface area contributed by atoms with Crippen molar-refractivity contribution in [3.63, 3.8) is 0 Å². The van der Waals surface area contributed by atoms with Gasteiger partial charge < -0.3 is 15.1 Å². The molecule has 5 nitrogen and oxygen atoms in total. The summed E-state index contributed by atoms with van der Waals surface area (Å²) in [5.41, 5.74) is 1.83. The fourth-order valence-electron chi connectivity index (χ4n) is 2.59. The Morgan fingerprint density at radius 2 is 1.82 bits per heavy atom. The molecule has 0 aliphatic carbocycles. The molecule has 0 aromatic heterocycles. The highest BCUT2D eigenvalue weighted by molar-refractivity contribution is 6.39. The van der Waals surface area contributed by atoms with Crippen molar-refractivity contribution >= 4 is 23.2 Å². The van der Waals surface area contributed by atoms with Gasteiger partial charge in [-0.2, -0.15) is 0 Å². The highest BCUT2D eigenvalue weighted by atomic mass is 16.2. The van der Waals surface area contributed by atoms with Gasteiger partial charge in [-0.15, -0.1) is 0 Å². The van der Waals surface area contributed by atoms with E-state index >= 15 is 0 Å². The fraction of sp³-hybridized carbons (Fsp3) is 0.529. The van der Waals surface area contributed by atoms with Gasteiger partial charge in [0.25, 0.3) is 0 Å². The number of nitrogens with one attached hydrogen (secondary N) is 1. The number of anilines is 2. The van der Waals surface area contributed by atoms with Crippen molar-refractivity contribution in [3.8, 4) is 0 Å². The Morgan fingerprint density at radius 3 is 2.41 bits per heavy atom. The molecule has 1 N–H and O–H groups in total. The number of unbranched alkanes of at least 4 members (excludes halogenated alkanes) is 1. The van der Waals surface area contributed by atoms with Gasteiger partial charge in [0.1, 0.15) is 0 Å². The average Bonchev–Trinajstić information content (AvgIpc) is 3.07. The highest BCUT2D eigenvalue weighted by Crippen LogP contribution is 2.22. The Kier molecular flexibility index (Phi) is 5.81. The van der Waals surface area contributed by atoms with E-state index in [-0.39, 0.29) is 0 Å². The van der Waals surface area contributed by atoms with E-state index in [0.717, 1.165) is 25.9 Å². The lowest BCUT2D eigenvalue weighted by atomic mass is 10.2. The lowest BCUT2D eigenvalue weighted by molar-refractivity contribution is -0.142. The molecule has 5 heteroatoms. The minimum absolute atomic E-state index is 0.489. The summed E-state index contributed by atoms with van der Waals surface area (Å²) in [7, 11) is 1.66. The predicted octanol–water partition coefficient (Wildman–Crippen LogP) is 2.48. The molecule has 0 unspecified atom stereocenters. The Labute approximate surface area is 132 Å².